The number of nitrogens with one attached hydrogen (secondary N) is 4. The summed E-state index contributed by atoms with van der Waals surface area (Å²) in [6.07, 6.45) is 7.26. The SMILES string of the molecule is CC(C)(C)OC(=O)NC(C(=O)Nc1nnc(CCSCCc2nnc(NC(=O)C(NC(O)OC(C)(C)C)C3CCCC3)s2)s1)C1CCCC1. The number of aromatic nitrogens is 4. The van der Waals surface area contributed by atoms with Gasteiger partial charge in [-0.1, -0.05) is 48.4 Å². The summed E-state index contributed by atoms with van der Waals surface area (Å²) in [5.74, 6) is 1.23. The fraction of sp³-hybridized carbons (Fsp3) is 0.781. The van der Waals surface area contributed by atoms with Gasteiger partial charge in [0.2, 0.25) is 28.5 Å². The molecule has 14 nitrogen and oxygen atoms in total. The van der Waals surface area contributed by atoms with Crippen LogP contribution < -0.4 is 21.3 Å². The third-order valence-electron chi connectivity index (χ3n) is 8.08. The molecule has 0 spiro atoms. The van der Waals surface area contributed by atoms with Crippen molar-refractivity contribution >= 4 is 62.6 Å². The molecule has 3 amide bonds. The summed E-state index contributed by atoms with van der Waals surface area (Å²) in [5.41, 5.74) is -1.22. The Balaban J connectivity index is 1.19. The molecule has 3 unspecified atom stereocenters. The molecule has 17 heteroatoms. The van der Waals surface area contributed by atoms with Gasteiger partial charge in [-0.05, 0) is 90.6 Å². The Morgan fingerprint density at radius 1 is 0.776 bits per heavy atom. The number of aryl methyl sites for hydroxylation is 2. The van der Waals surface area contributed by atoms with E-state index in [2.05, 4.69) is 41.7 Å². The Bertz CT molecular complexity index is 1370. The Labute approximate surface area is 301 Å². The van der Waals surface area contributed by atoms with Crippen molar-refractivity contribution in [1.82, 2.24) is 31.0 Å². The number of ether oxygens (including phenoxy) is 2. The molecule has 274 valence electrons. The molecule has 2 fully saturated rings. The van der Waals surface area contributed by atoms with Gasteiger partial charge in [-0.25, -0.2) is 4.79 Å². The van der Waals surface area contributed by atoms with Gasteiger partial charge in [0.25, 0.3) is 0 Å². The van der Waals surface area contributed by atoms with E-state index in [0.29, 0.717) is 23.1 Å². The first-order valence-corrected chi connectivity index (χ1v) is 19.9. The molecule has 0 saturated heterocycles. The minimum atomic E-state index is -1.26. The lowest BCUT2D eigenvalue weighted by Gasteiger charge is -2.30. The largest absolute Gasteiger partial charge is 0.444 e. The fourth-order valence-electron chi connectivity index (χ4n) is 5.96. The number of carbonyl (C=O) groups is 3. The van der Waals surface area contributed by atoms with Crippen molar-refractivity contribution < 1.29 is 29.0 Å². The van der Waals surface area contributed by atoms with E-state index < -0.39 is 35.8 Å². The van der Waals surface area contributed by atoms with E-state index >= 15 is 0 Å². The number of aliphatic hydroxyl groups is 1. The van der Waals surface area contributed by atoms with E-state index in [1.54, 1.807) is 32.5 Å². The molecule has 0 bridgehead atoms. The zero-order valence-electron chi connectivity index (χ0n) is 29.4. The summed E-state index contributed by atoms with van der Waals surface area (Å²) >= 11 is 4.42. The van der Waals surface area contributed by atoms with Crippen molar-refractivity contribution in [2.75, 3.05) is 22.1 Å². The monoisotopic (exact) mass is 740 g/mol. The number of aliphatic hydroxyl groups excluding tert-OH is 1. The molecule has 49 heavy (non-hydrogen) atoms. The van der Waals surface area contributed by atoms with E-state index in [9.17, 15) is 19.5 Å². The maximum absolute atomic E-state index is 13.2. The summed E-state index contributed by atoms with van der Waals surface area (Å²) in [7, 11) is 0. The van der Waals surface area contributed by atoms with Gasteiger partial charge in [-0.15, -0.1) is 20.4 Å². The maximum Gasteiger partial charge on any atom is 0.408 e. The maximum atomic E-state index is 13.2. The Kier molecular flexibility index (Phi) is 14.6. The van der Waals surface area contributed by atoms with Crippen molar-refractivity contribution in [3.63, 3.8) is 0 Å². The number of thioether (sulfide) groups is 1. The minimum absolute atomic E-state index is 0.0510. The van der Waals surface area contributed by atoms with E-state index in [-0.39, 0.29) is 23.7 Å². The molecule has 0 aromatic carbocycles. The van der Waals surface area contributed by atoms with Gasteiger partial charge >= 0.3 is 6.09 Å². The second-order valence-corrected chi connectivity index (χ2v) is 17.9. The Hall–Kier alpha value is -2.44. The highest BCUT2D eigenvalue weighted by Crippen LogP contribution is 2.30. The summed E-state index contributed by atoms with van der Waals surface area (Å²) in [4.78, 5) is 38.9. The van der Waals surface area contributed by atoms with E-state index in [0.717, 1.165) is 72.9 Å². The summed E-state index contributed by atoms with van der Waals surface area (Å²) in [6.45, 7) is 10.9. The topological polar surface area (TPSA) is 190 Å². The first-order valence-electron chi connectivity index (χ1n) is 17.1. The van der Waals surface area contributed by atoms with Gasteiger partial charge < -0.3 is 19.9 Å². The molecule has 2 aromatic rings. The zero-order valence-corrected chi connectivity index (χ0v) is 31.8. The number of alkyl carbamates (subject to hydrolysis) is 1. The van der Waals surface area contributed by atoms with E-state index in [1.165, 1.54) is 22.7 Å². The highest BCUT2D eigenvalue weighted by Gasteiger charge is 2.35. The van der Waals surface area contributed by atoms with Crippen molar-refractivity contribution in [2.24, 2.45) is 11.8 Å². The predicted molar refractivity (Wildman–Crippen MR) is 193 cm³/mol. The number of hydrogen-bond acceptors (Lipinski definition) is 14. The third kappa shape index (κ3) is 13.7. The van der Waals surface area contributed by atoms with Crippen LogP contribution in [0.4, 0.5) is 15.1 Å². The second-order valence-electron chi connectivity index (χ2n) is 14.5. The quantitative estimate of drug-likeness (QED) is 0.113. The van der Waals surface area contributed by atoms with Gasteiger partial charge in [0.1, 0.15) is 21.7 Å². The Morgan fingerprint density at radius 2 is 1.24 bits per heavy atom. The van der Waals surface area contributed by atoms with Gasteiger partial charge in [-0.2, -0.15) is 11.8 Å². The molecular weight excluding hydrogens is 689 g/mol. The predicted octanol–water partition coefficient (Wildman–Crippen LogP) is 5.11. The van der Waals surface area contributed by atoms with E-state index in [4.69, 9.17) is 9.47 Å². The van der Waals surface area contributed by atoms with Crippen molar-refractivity contribution in [3.05, 3.63) is 10.0 Å². The number of carbonyl (C=O) groups excluding carboxylic acids is 3. The van der Waals surface area contributed by atoms with Crippen LogP contribution in [-0.2, 0) is 31.9 Å². The fourth-order valence-corrected chi connectivity index (χ4v) is 8.58. The minimum Gasteiger partial charge on any atom is -0.444 e. The van der Waals surface area contributed by atoms with Crippen LogP contribution in [0.3, 0.4) is 0 Å². The first-order chi connectivity index (χ1) is 23.1. The molecule has 2 aliphatic rings. The van der Waals surface area contributed by atoms with Crippen LogP contribution in [0.2, 0.25) is 0 Å². The average Bonchev–Trinajstić information content (AvgIpc) is 3.82. The van der Waals surface area contributed by atoms with Crippen molar-refractivity contribution in [3.8, 4) is 0 Å². The smallest absolute Gasteiger partial charge is 0.408 e. The molecule has 2 saturated carbocycles. The molecule has 2 aromatic heterocycles. The van der Waals surface area contributed by atoms with Crippen LogP contribution >= 0.6 is 34.4 Å². The number of hydrogen-bond donors (Lipinski definition) is 5. The number of nitrogens with zero attached hydrogens (tertiary/aromatic N) is 4. The van der Waals surface area contributed by atoms with Gasteiger partial charge in [0.15, 0.2) is 0 Å². The standard InChI is InChI=1S/C32H52N8O6S3/c1-31(2,3)45-29(43)33-23(19-11-7-8-12-19)25(41)35-27-39-37-21(48-27)15-17-47-18-16-22-38-40-28(49-22)36-26(42)24(20-13-9-10-14-20)34-30(44)46-32(4,5)6/h19-20,23-24,29,33,43H,7-18H2,1-6H3,(H,34,44)(H,35,39,41)(H,36,40,42). The highest BCUT2D eigenvalue weighted by molar-refractivity contribution is 7.99. The highest BCUT2D eigenvalue weighted by atomic mass is 32.2. The van der Waals surface area contributed by atoms with Crippen LogP contribution in [0.25, 0.3) is 0 Å². The number of anilines is 2. The number of rotatable bonds is 16. The van der Waals surface area contributed by atoms with E-state index in [1.807, 2.05) is 20.8 Å². The lowest BCUT2D eigenvalue weighted by atomic mass is 9.97. The molecule has 5 N–H and O–H groups in total. The summed E-state index contributed by atoms with van der Waals surface area (Å²) in [6, 6.07) is -1.29. The van der Waals surface area contributed by atoms with Gasteiger partial charge in [0.05, 0.1) is 11.6 Å². The third-order valence-corrected chi connectivity index (χ3v) is 10.9. The molecular formula is C32H52N8O6S3. The molecule has 3 atom stereocenters. The zero-order chi connectivity index (χ0) is 35.6. The van der Waals surface area contributed by atoms with Crippen LogP contribution in [0.1, 0.15) is 103 Å². The van der Waals surface area contributed by atoms with Gasteiger partial charge in [-0.3, -0.25) is 25.5 Å². The van der Waals surface area contributed by atoms with Crippen LogP contribution in [0.5, 0.6) is 0 Å². The Morgan fingerprint density at radius 3 is 1.71 bits per heavy atom. The van der Waals surface area contributed by atoms with Crippen LogP contribution in [0.15, 0.2) is 0 Å². The molecule has 4 rings (SSSR count). The lowest BCUT2D eigenvalue weighted by molar-refractivity contribution is -0.188. The van der Waals surface area contributed by atoms with Crippen LogP contribution in [0, 0.1) is 11.8 Å². The van der Waals surface area contributed by atoms with Crippen molar-refractivity contribution in [1.29, 1.82) is 0 Å². The lowest BCUT2D eigenvalue weighted by Crippen LogP contribution is -2.52. The average molecular weight is 741 g/mol. The molecule has 2 aliphatic carbocycles. The molecule has 0 radical (unpaired) electrons. The number of amides is 3. The van der Waals surface area contributed by atoms with Crippen molar-refractivity contribution in [2.45, 2.75) is 135 Å². The first kappa shape index (κ1) is 39.3. The molecule has 2 heterocycles. The second kappa shape index (κ2) is 18.2. The summed E-state index contributed by atoms with van der Waals surface area (Å²) < 4.78 is 11.0. The van der Waals surface area contributed by atoms with Crippen LogP contribution in [-0.4, -0.2) is 84.6 Å². The van der Waals surface area contributed by atoms with Gasteiger partial charge in [0, 0.05) is 12.8 Å². The summed E-state index contributed by atoms with van der Waals surface area (Å²) in [5, 5.41) is 41.2. The molecule has 0 aliphatic heterocycles. The normalized spacial score (nSPS) is 17.9.